The fourth-order valence-electron chi connectivity index (χ4n) is 2.43. The molecule has 2 aromatic rings. The van der Waals surface area contributed by atoms with E-state index in [1.807, 2.05) is 36.4 Å². The molecular formula is C20H22N2O3. The number of hydrogen-bond donors (Lipinski definition) is 2. The van der Waals surface area contributed by atoms with Gasteiger partial charge in [0.2, 0.25) is 5.91 Å². The molecular weight excluding hydrogens is 316 g/mol. The van der Waals surface area contributed by atoms with E-state index in [0.29, 0.717) is 30.7 Å². The van der Waals surface area contributed by atoms with Crippen LogP contribution in [-0.2, 0) is 4.79 Å². The maximum absolute atomic E-state index is 12.2. The molecule has 0 radical (unpaired) electrons. The van der Waals surface area contributed by atoms with E-state index in [0.717, 1.165) is 18.6 Å². The van der Waals surface area contributed by atoms with E-state index in [9.17, 15) is 9.59 Å². The molecule has 0 atom stereocenters. The number of hydrogen-bond acceptors (Lipinski definition) is 3. The second kappa shape index (κ2) is 8.33. The summed E-state index contributed by atoms with van der Waals surface area (Å²) in [4.78, 5) is 24.4. The maximum Gasteiger partial charge on any atom is 0.253 e. The largest absolute Gasteiger partial charge is 0.494 e. The Balaban J connectivity index is 1.46. The Morgan fingerprint density at radius 1 is 1.00 bits per heavy atom. The molecule has 2 N–H and O–H groups in total. The lowest BCUT2D eigenvalue weighted by Gasteiger charge is -2.11. The molecule has 0 heterocycles. The fourth-order valence-corrected chi connectivity index (χ4v) is 2.43. The molecule has 2 amide bonds. The minimum absolute atomic E-state index is 0.122. The van der Waals surface area contributed by atoms with Crippen LogP contribution in [0.2, 0.25) is 0 Å². The molecule has 1 fully saturated rings. The van der Waals surface area contributed by atoms with Crippen molar-refractivity contribution in [3.63, 3.8) is 0 Å². The normalized spacial score (nSPS) is 13.1. The van der Waals surface area contributed by atoms with Gasteiger partial charge in [0, 0.05) is 12.5 Å². The van der Waals surface area contributed by atoms with Crippen molar-refractivity contribution < 1.29 is 14.3 Å². The molecule has 130 valence electrons. The Bertz CT molecular complexity index is 727. The molecule has 0 spiro atoms. The monoisotopic (exact) mass is 338 g/mol. The summed E-state index contributed by atoms with van der Waals surface area (Å²) in [6.45, 7) is 0.473. The van der Waals surface area contributed by atoms with Crippen molar-refractivity contribution in [2.24, 2.45) is 0 Å². The number of benzene rings is 2. The van der Waals surface area contributed by atoms with Crippen molar-refractivity contribution in [2.75, 3.05) is 11.9 Å². The molecule has 0 aliphatic heterocycles. The van der Waals surface area contributed by atoms with Crippen LogP contribution in [0, 0.1) is 0 Å². The predicted octanol–water partition coefficient (Wildman–Crippen LogP) is 3.38. The van der Waals surface area contributed by atoms with E-state index in [2.05, 4.69) is 10.6 Å². The quantitative estimate of drug-likeness (QED) is 0.725. The minimum Gasteiger partial charge on any atom is -0.494 e. The van der Waals surface area contributed by atoms with Gasteiger partial charge in [-0.05, 0) is 43.5 Å². The van der Waals surface area contributed by atoms with Crippen molar-refractivity contribution in [3.05, 3.63) is 60.2 Å². The molecule has 3 rings (SSSR count). The highest BCUT2D eigenvalue weighted by Crippen LogP contribution is 2.21. The number of carbonyl (C=O) groups excluding carboxylic acids is 2. The SMILES string of the molecule is O=C(CCCOc1ccccc1)Nc1ccccc1C(=O)NC1CC1. The summed E-state index contributed by atoms with van der Waals surface area (Å²) in [5.74, 6) is 0.541. The predicted molar refractivity (Wildman–Crippen MR) is 96.7 cm³/mol. The highest BCUT2D eigenvalue weighted by molar-refractivity contribution is 6.03. The second-order valence-electron chi connectivity index (χ2n) is 6.11. The number of para-hydroxylation sites is 2. The lowest BCUT2D eigenvalue weighted by Crippen LogP contribution is -2.27. The van der Waals surface area contributed by atoms with Crippen LogP contribution in [0.1, 0.15) is 36.0 Å². The van der Waals surface area contributed by atoms with E-state index in [1.54, 1.807) is 18.2 Å². The first-order valence-electron chi connectivity index (χ1n) is 8.60. The van der Waals surface area contributed by atoms with E-state index in [1.165, 1.54) is 0 Å². The van der Waals surface area contributed by atoms with Gasteiger partial charge in [-0.15, -0.1) is 0 Å². The maximum atomic E-state index is 12.2. The molecule has 5 nitrogen and oxygen atoms in total. The van der Waals surface area contributed by atoms with E-state index >= 15 is 0 Å². The lowest BCUT2D eigenvalue weighted by molar-refractivity contribution is -0.116. The minimum atomic E-state index is -0.134. The van der Waals surface area contributed by atoms with Crippen LogP contribution in [0.3, 0.4) is 0 Å². The number of nitrogens with one attached hydrogen (secondary N) is 2. The average Bonchev–Trinajstić information content (AvgIpc) is 3.44. The van der Waals surface area contributed by atoms with Gasteiger partial charge in [-0.1, -0.05) is 30.3 Å². The summed E-state index contributed by atoms with van der Waals surface area (Å²) in [5.41, 5.74) is 1.05. The van der Waals surface area contributed by atoms with Crippen LogP contribution < -0.4 is 15.4 Å². The first-order chi connectivity index (χ1) is 12.2. The molecule has 1 aliphatic carbocycles. The van der Waals surface area contributed by atoms with Gasteiger partial charge in [-0.3, -0.25) is 9.59 Å². The van der Waals surface area contributed by atoms with Crippen LogP contribution in [-0.4, -0.2) is 24.5 Å². The van der Waals surface area contributed by atoms with Gasteiger partial charge in [0.1, 0.15) is 5.75 Å². The van der Waals surface area contributed by atoms with E-state index < -0.39 is 0 Å². The molecule has 0 aromatic heterocycles. The third kappa shape index (κ3) is 5.35. The van der Waals surface area contributed by atoms with Gasteiger partial charge in [0.05, 0.1) is 17.9 Å². The van der Waals surface area contributed by atoms with Gasteiger partial charge < -0.3 is 15.4 Å². The highest BCUT2D eigenvalue weighted by Gasteiger charge is 2.24. The van der Waals surface area contributed by atoms with E-state index in [4.69, 9.17) is 4.74 Å². The first kappa shape index (κ1) is 17.0. The Labute approximate surface area is 147 Å². The first-order valence-corrected chi connectivity index (χ1v) is 8.60. The lowest BCUT2D eigenvalue weighted by atomic mass is 10.1. The number of amides is 2. The van der Waals surface area contributed by atoms with Crippen molar-refractivity contribution in [1.29, 1.82) is 0 Å². The zero-order valence-electron chi connectivity index (χ0n) is 14.0. The molecule has 25 heavy (non-hydrogen) atoms. The number of rotatable bonds is 8. The standard InChI is InChI=1S/C20H22N2O3/c23-19(11-6-14-25-16-7-2-1-3-8-16)22-18-10-5-4-9-17(18)20(24)21-15-12-13-15/h1-5,7-10,15H,6,11-14H2,(H,21,24)(H,22,23). The summed E-state index contributed by atoms with van der Waals surface area (Å²) < 4.78 is 5.58. The molecule has 1 saturated carbocycles. The van der Waals surface area contributed by atoms with Crippen LogP contribution in [0.15, 0.2) is 54.6 Å². The third-order valence-corrected chi connectivity index (χ3v) is 3.92. The highest BCUT2D eigenvalue weighted by atomic mass is 16.5. The van der Waals surface area contributed by atoms with Crippen LogP contribution in [0.4, 0.5) is 5.69 Å². The van der Waals surface area contributed by atoms with Crippen molar-refractivity contribution in [1.82, 2.24) is 5.32 Å². The molecule has 1 aliphatic rings. The molecule has 0 unspecified atom stereocenters. The van der Waals surface area contributed by atoms with Gasteiger partial charge >= 0.3 is 0 Å². The smallest absolute Gasteiger partial charge is 0.253 e. The van der Waals surface area contributed by atoms with Crippen LogP contribution in [0.25, 0.3) is 0 Å². The Morgan fingerprint density at radius 2 is 1.72 bits per heavy atom. The van der Waals surface area contributed by atoms with Crippen LogP contribution >= 0.6 is 0 Å². The van der Waals surface area contributed by atoms with Crippen molar-refractivity contribution in [2.45, 2.75) is 31.7 Å². The summed E-state index contributed by atoms with van der Waals surface area (Å²) >= 11 is 0. The molecule has 0 saturated heterocycles. The van der Waals surface area contributed by atoms with Gasteiger partial charge in [-0.2, -0.15) is 0 Å². The van der Waals surface area contributed by atoms with E-state index in [-0.39, 0.29) is 17.9 Å². The van der Waals surface area contributed by atoms with Crippen LogP contribution in [0.5, 0.6) is 5.75 Å². The summed E-state index contributed by atoms with van der Waals surface area (Å²) in [6.07, 6.45) is 3.01. The van der Waals surface area contributed by atoms with Gasteiger partial charge in [-0.25, -0.2) is 0 Å². The summed E-state index contributed by atoms with van der Waals surface area (Å²) in [7, 11) is 0. The Kier molecular flexibility index (Phi) is 5.67. The molecule has 5 heteroatoms. The Morgan fingerprint density at radius 3 is 2.48 bits per heavy atom. The zero-order chi connectivity index (χ0) is 17.5. The molecule has 0 bridgehead atoms. The fraction of sp³-hybridized carbons (Fsp3) is 0.300. The summed E-state index contributed by atoms with van der Waals surface area (Å²) in [5, 5.41) is 5.77. The third-order valence-electron chi connectivity index (χ3n) is 3.92. The number of carbonyl (C=O) groups is 2. The second-order valence-corrected chi connectivity index (χ2v) is 6.11. The van der Waals surface area contributed by atoms with Gasteiger partial charge in [0.15, 0.2) is 0 Å². The average molecular weight is 338 g/mol. The van der Waals surface area contributed by atoms with Crippen molar-refractivity contribution >= 4 is 17.5 Å². The Hall–Kier alpha value is -2.82. The van der Waals surface area contributed by atoms with Gasteiger partial charge in [0.25, 0.3) is 5.91 Å². The number of ether oxygens (including phenoxy) is 1. The van der Waals surface area contributed by atoms with Crippen molar-refractivity contribution in [3.8, 4) is 5.75 Å². The topological polar surface area (TPSA) is 67.4 Å². The zero-order valence-corrected chi connectivity index (χ0v) is 14.0. The summed E-state index contributed by atoms with van der Waals surface area (Å²) in [6, 6.07) is 16.9. The number of anilines is 1. The molecule has 2 aromatic carbocycles.